The second kappa shape index (κ2) is 36.8. The summed E-state index contributed by atoms with van der Waals surface area (Å²) in [4.78, 5) is 40.3. The van der Waals surface area contributed by atoms with Crippen LogP contribution in [0.1, 0.15) is 5.56 Å². The van der Waals surface area contributed by atoms with Gasteiger partial charge in [0, 0.05) is 131 Å². The highest BCUT2D eigenvalue weighted by atomic mass is 32.1. The Labute approximate surface area is 864 Å². The van der Waals surface area contributed by atoms with E-state index in [-0.39, 0.29) is 0 Å². The van der Waals surface area contributed by atoms with E-state index in [1.807, 2.05) is 193 Å². The molecule has 0 aliphatic rings. The fraction of sp³-hybridized carbons (Fsp3) is 0. The molecule has 0 aliphatic carbocycles. The zero-order chi connectivity index (χ0) is 99.2. The Kier molecular flexibility index (Phi) is 21.5. The summed E-state index contributed by atoms with van der Waals surface area (Å²) in [5.74, 6) is 4.40. The van der Waals surface area contributed by atoms with Gasteiger partial charge < -0.3 is 18.1 Å². The van der Waals surface area contributed by atoms with Crippen molar-refractivity contribution in [3.05, 3.63) is 509 Å². The molecule has 0 radical (unpaired) electrons. The SMILES string of the molecule is N#Cc1cccc(-c2nc(-n3c4ccccc4c4cc(-c5ccc6c(c5)c5ccccc5n6-c5ccccc5)ccc43)nc3ccccc23)c1.c1ccc(-c2ccc3c4ccc5c6ccccc6oc5c4n(-c4cccc(-c5nc(-c6ccccc6)nc(-c6ccccc6)n5)c4)c3c2)cc1.c1ccc(-c2ccc3c4ccc5c6ccccc6sc5c4n(-c4cccc(-c5nc(-c6ccccc6)nc(-c6ccccc6)n5)c4)c3c2)cc1. The number of hydrogen-bond donors (Lipinski definition) is 0. The summed E-state index contributed by atoms with van der Waals surface area (Å²) in [5, 5.41) is 24.8. The molecule has 0 amide bonds. The zero-order valence-electron chi connectivity index (χ0n) is 80.6. The normalized spacial score (nSPS) is 11.6. The average molecular weight is 1940 g/mol. The second-order valence-electron chi connectivity index (χ2n) is 37.5. The summed E-state index contributed by atoms with van der Waals surface area (Å²) < 4.78 is 18.5. The number of fused-ring (bicyclic) bond motifs is 21. The summed E-state index contributed by atoms with van der Waals surface area (Å²) in [5.41, 5.74) is 29.6. The number of nitriles is 1. The maximum atomic E-state index is 9.63. The van der Waals surface area contributed by atoms with Gasteiger partial charge in [-0.25, -0.2) is 39.9 Å². The molecule has 30 rings (SSSR count). The zero-order valence-corrected chi connectivity index (χ0v) is 81.4. The van der Waals surface area contributed by atoms with Crippen LogP contribution in [0.3, 0.4) is 0 Å². The molecule has 14 nitrogen and oxygen atoms in total. The minimum atomic E-state index is 0.593. The number of furan rings is 1. The van der Waals surface area contributed by atoms with Crippen molar-refractivity contribution in [3.8, 4) is 142 Å². The third kappa shape index (κ3) is 15.4. The van der Waals surface area contributed by atoms with Crippen LogP contribution in [-0.2, 0) is 0 Å². The van der Waals surface area contributed by atoms with E-state index >= 15 is 0 Å². The monoisotopic (exact) mass is 1930 g/mol. The highest BCUT2D eigenvalue weighted by Crippen LogP contribution is 2.48. The highest BCUT2D eigenvalue weighted by Gasteiger charge is 2.27. The van der Waals surface area contributed by atoms with Crippen LogP contribution >= 0.6 is 11.3 Å². The predicted octanol–water partition coefficient (Wildman–Crippen LogP) is 34.6. The van der Waals surface area contributed by atoms with Gasteiger partial charge in [0.1, 0.15) is 5.58 Å². The second-order valence-corrected chi connectivity index (χ2v) is 38.6. The van der Waals surface area contributed by atoms with E-state index in [1.165, 1.54) is 75.0 Å². The number of benzene rings is 21. The maximum Gasteiger partial charge on any atom is 0.235 e. The van der Waals surface area contributed by atoms with Crippen molar-refractivity contribution in [2.24, 2.45) is 0 Å². The van der Waals surface area contributed by atoms with Gasteiger partial charge in [0.05, 0.1) is 71.7 Å². The quantitative estimate of drug-likeness (QED) is 0.103. The van der Waals surface area contributed by atoms with Gasteiger partial charge in [0.2, 0.25) is 5.95 Å². The molecular weight excluding hydrogens is 1850 g/mol. The fourth-order valence-corrected chi connectivity index (χ4v) is 22.9. The Morgan fingerprint density at radius 2 is 0.573 bits per heavy atom. The van der Waals surface area contributed by atoms with E-state index in [1.54, 1.807) is 0 Å². The Hall–Kier alpha value is -20.3. The van der Waals surface area contributed by atoms with Crippen LogP contribution in [0.2, 0.25) is 0 Å². The number of nitrogens with zero attached hydrogens (tertiary/aromatic N) is 13. The topological polar surface area (TPSA) is 160 Å². The molecule has 0 N–H and O–H groups in total. The van der Waals surface area contributed by atoms with Gasteiger partial charge >= 0.3 is 0 Å². The van der Waals surface area contributed by atoms with Gasteiger partial charge in [-0.05, 0) is 155 Å². The number of thiophene rings is 1. The van der Waals surface area contributed by atoms with Crippen molar-refractivity contribution in [3.63, 3.8) is 0 Å². The van der Waals surface area contributed by atoms with Gasteiger partial charge in [-0.2, -0.15) is 5.26 Å². The van der Waals surface area contributed by atoms with Crippen molar-refractivity contribution in [2.75, 3.05) is 0 Å². The molecule has 15 heteroatoms. The number of para-hydroxylation sites is 5. The van der Waals surface area contributed by atoms with Gasteiger partial charge in [-0.1, -0.05) is 382 Å². The minimum absolute atomic E-state index is 0.593. The van der Waals surface area contributed by atoms with E-state index in [9.17, 15) is 5.26 Å². The van der Waals surface area contributed by atoms with Crippen molar-refractivity contribution < 1.29 is 4.42 Å². The molecule has 0 saturated carbocycles. The Balaban J connectivity index is 0.000000108. The lowest BCUT2D eigenvalue weighted by atomic mass is 10.0. The van der Waals surface area contributed by atoms with E-state index in [2.05, 4.69) is 346 Å². The molecule has 21 aromatic carbocycles. The van der Waals surface area contributed by atoms with Crippen LogP contribution in [0.5, 0.6) is 0 Å². The number of rotatable bonds is 14. The molecule has 0 fully saturated rings. The van der Waals surface area contributed by atoms with Gasteiger partial charge in [0.25, 0.3) is 0 Å². The largest absolute Gasteiger partial charge is 0.454 e. The lowest BCUT2D eigenvalue weighted by Crippen LogP contribution is -2.03. The molecule has 700 valence electrons. The first-order valence-corrected chi connectivity index (χ1v) is 50.9. The van der Waals surface area contributed by atoms with Gasteiger partial charge in [-0.3, -0.25) is 4.57 Å². The van der Waals surface area contributed by atoms with E-state index in [0.29, 0.717) is 46.5 Å². The molecule has 150 heavy (non-hydrogen) atoms. The summed E-state index contributed by atoms with van der Waals surface area (Å²) in [7, 11) is 0. The Morgan fingerprint density at radius 3 is 1.11 bits per heavy atom. The van der Waals surface area contributed by atoms with Crippen molar-refractivity contribution in [1.82, 2.24) is 58.1 Å². The molecule has 0 unspecified atom stereocenters. The van der Waals surface area contributed by atoms with Crippen LogP contribution in [0.15, 0.2) is 508 Å². The fourth-order valence-electron chi connectivity index (χ4n) is 21.7. The first kappa shape index (κ1) is 87.5. The minimum Gasteiger partial charge on any atom is -0.454 e. The maximum absolute atomic E-state index is 9.63. The molecule has 30 aromatic rings. The van der Waals surface area contributed by atoms with Crippen LogP contribution in [0.25, 0.3) is 276 Å². The van der Waals surface area contributed by atoms with Crippen molar-refractivity contribution in [2.45, 2.75) is 0 Å². The third-order valence-electron chi connectivity index (χ3n) is 28.6. The van der Waals surface area contributed by atoms with E-state index in [0.717, 1.165) is 160 Å². The standard InChI is InChI=1S/C45H27N5.C45H28N4O.C45H28N4S/c46-28-29-11-10-12-32(25-29)44-36-17-4-7-18-39(36)47-45(48-44)50-41-20-9-6-16-35(41)38-27-31(22-24-43(38)50)30-21-23-42-37(26-30)34-15-5-8-19-40(34)49(42)33-13-2-1-3-14-33;2*1-4-13-29(14-5-1)32-23-24-35-37-25-26-38-36-21-10-11-22-40(36)50-42(38)41(37)49(39(35)28-32)34-20-12-19-33(27-34)45-47-43(30-15-6-2-7-16-30)46-44(48-45)31-17-8-3-9-18-31/h1-27H;2*1-28H. The predicted molar refractivity (Wildman–Crippen MR) is 616 cm³/mol. The molecule has 0 atom stereocenters. The summed E-state index contributed by atoms with van der Waals surface area (Å²) in [6, 6.07) is 177. The Morgan fingerprint density at radius 1 is 0.207 bits per heavy atom. The lowest BCUT2D eigenvalue weighted by Gasteiger charge is -2.12. The summed E-state index contributed by atoms with van der Waals surface area (Å²) >= 11 is 1.86. The lowest BCUT2D eigenvalue weighted by molar-refractivity contribution is 0.671. The van der Waals surface area contributed by atoms with Crippen molar-refractivity contribution >= 4 is 152 Å². The van der Waals surface area contributed by atoms with Crippen LogP contribution in [-0.4, -0.2) is 58.1 Å². The molecular formula is C135H83N13OS. The molecule has 0 aliphatic heterocycles. The third-order valence-corrected chi connectivity index (χ3v) is 29.8. The number of hydrogen-bond acceptors (Lipinski definition) is 11. The first-order valence-electron chi connectivity index (χ1n) is 50.1. The van der Waals surface area contributed by atoms with Crippen molar-refractivity contribution in [1.29, 1.82) is 5.26 Å². The van der Waals surface area contributed by atoms with E-state index < -0.39 is 0 Å². The van der Waals surface area contributed by atoms with Gasteiger partial charge in [-0.15, -0.1) is 11.3 Å². The summed E-state index contributed by atoms with van der Waals surface area (Å²) in [6.07, 6.45) is 0. The Bertz CT molecular complexity index is 10100. The van der Waals surface area contributed by atoms with E-state index in [4.69, 9.17) is 44.3 Å². The molecule has 9 heterocycles. The first-order chi connectivity index (χ1) is 74.3. The number of aromatic nitrogens is 12. The average Bonchev–Trinajstić information content (AvgIpc) is 1.56. The smallest absolute Gasteiger partial charge is 0.235 e. The van der Waals surface area contributed by atoms with Gasteiger partial charge in [0.15, 0.2) is 40.5 Å². The molecule has 0 bridgehead atoms. The molecule has 0 spiro atoms. The molecule has 9 aromatic heterocycles. The van der Waals surface area contributed by atoms with Crippen LogP contribution in [0.4, 0.5) is 0 Å². The summed E-state index contributed by atoms with van der Waals surface area (Å²) in [6.45, 7) is 0. The highest BCUT2D eigenvalue weighted by molar-refractivity contribution is 7.26. The van der Waals surface area contributed by atoms with Crippen LogP contribution in [0, 0.1) is 11.3 Å². The molecule has 0 saturated heterocycles. The van der Waals surface area contributed by atoms with Crippen LogP contribution < -0.4 is 0 Å².